The van der Waals surface area contributed by atoms with Gasteiger partial charge in [0.1, 0.15) is 5.75 Å². The molecule has 3 N–H and O–H groups in total. The lowest BCUT2D eigenvalue weighted by Gasteiger charge is -2.09. The molecule has 0 fully saturated rings. The van der Waals surface area contributed by atoms with Crippen molar-refractivity contribution in [2.24, 2.45) is 0 Å². The molecule has 1 heterocycles. The fraction of sp³-hybridized carbons (Fsp3) is 0.158. The Hall–Kier alpha value is -2.56. The average molecular weight is 512 g/mol. The summed E-state index contributed by atoms with van der Waals surface area (Å²) in [7, 11) is 0. The predicted octanol–water partition coefficient (Wildman–Crippen LogP) is 4.52. The number of anilines is 1. The van der Waals surface area contributed by atoms with Gasteiger partial charge in [-0.1, -0.05) is 39.3 Å². The van der Waals surface area contributed by atoms with Crippen molar-refractivity contribution in [3.05, 3.63) is 51.5 Å². The third-order valence-electron chi connectivity index (χ3n) is 4.05. The van der Waals surface area contributed by atoms with Crippen LogP contribution in [0.5, 0.6) is 5.75 Å². The first-order chi connectivity index (χ1) is 14.3. The number of carbonyl (C=O) groups excluding carboxylic acids is 1. The normalized spacial score (nSPS) is 10.8. The van der Waals surface area contributed by atoms with E-state index in [2.05, 4.69) is 31.4 Å². The van der Waals surface area contributed by atoms with Gasteiger partial charge in [-0.25, -0.2) is 4.79 Å². The zero-order valence-electron chi connectivity index (χ0n) is 15.6. The van der Waals surface area contributed by atoms with E-state index in [1.165, 1.54) is 30.0 Å². The van der Waals surface area contributed by atoms with Gasteiger partial charge >= 0.3 is 5.97 Å². The van der Waals surface area contributed by atoms with Crippen molar-refractivity contribution in [3.8, 4) is 17.1 Å². The number of halogens is 2. The number of aromatic hydroxyl groups is 1. The van der Waals surface area contributed by atoms with Crippen molar-refractivity contribution in [1.29, 1.82) is 0 Å². The minimum Gasteiger partial charge on any atom is -0.507 e. The largest absolute Gasteiger partial charge is 0.507 e. The van der Waals surface area contributed by atoms with Crippen molar-refractivity contribution in [2.75, 3.05) is 11.1 Å². The molecular formula is C19H16BrClN4O4S. The standard InChI is InChI=1S/C19H16BrClN4O4S/c1-2-25-17(13-7-10(20)3-6-15(13)26)23-24-19(25)30-9-16(27)22-11-4-5-14(21)12(8-11)18(28)29/h3-8,26H,2,9H2,1H3,(H,22,27)(H,28,29). The molecule has 11 heteroatoms. The third-order valence-corrected chi connectivity index (χ3v) is 5.84. The van der Waals surface area contributed by atoms with E-state index in [4.69, 9.17) is 16.7 Å². The summed E-state index contributed by atoms with van der Waals surface area (Å²) < 4.78 is 2.59. The van der Waals surface area contributed by atoms with Crippen LogP contribution in [0.15, 0.2) is 46.0 Å². The second-order valence-corrected chi connectivity index (χ2v) is 8.31. The van der Waals surface area contributed by atoms with E-state index in [1.54, 1.807) is 22.8 Å². The number of hydrogen-bond donors (Lipinski definition) is 3. The topological polar surface area (TPSA) is 117 Å². The number of phenols is 1. The molecule has 0 bridgehead atoms. The van der Waals surface area contributed by atoms with Gasteiger partial charge in [-0.2, -0.15) is 0 Å². The number of amides is 1. The maximum Gasteiger partial charge on any atom is 0.337 e. The molecule has 3 aromatic rings. The van der Waals surface area contributed by atoms with E-state index in [0.29, 0.717) is 28.8 Å². The molecule has 2 aromatic carbocycles. The van der Waals surface area contributed by atoms with E-state index in [-0.39, 0.29) is 28.0 Å². The smallest absolute Gasteiger partial charge is 0.337 e. The number of hydrogen-bond acceptors (Lipinski definition) is 6. The quantitative estimate of drug-likeness (QED) is 0.399. The van der Waals surface area contributed by atoms with E-state index < -0.39 is 5.97 Å². The van der Waals surface area contributed by atoms with Crippen LogP contribution >= 0.6 is 39.3 Å². The SMILES string of the molecule is CCn1c(SCC(=O)Nc2ccc(Cl)c(C(=O)O)c2)nnc1-c1cc(Br)ccc1O. The highest BCUT2D eigenvalue weighted by atomic mass is 79.9. The molecule has 156 valence electrons. The number of aromatic carboxylic acids is 1. The van der Waals surface area contributed by atoms with Crippen molar-refractivity contribution >= 4 is 56.9 Å². The Morgan fingerprint density at radius 3 is 2.70 bits per heavy atom. The minimum atomic E-state index is -1.18. The van der Waals surface area contributed by atoms with Crippen molar-refractivity contribution < 1.29 is 19.8 Å². The molecular weight excluding hydrogens is 496 g/mol. The first-order valence-electron chi connectivity index (χ1n) is 8.67. The molecule has 0 spiro atoms. The van der Waals surface area contributed by atoms with Crippen LogP contribution in [-0.2, 0) is 11.3 Å². The molecule has 8 nitrogen and oxygen atoms in total. The Balaban J connectivity index is 1.73. The lowest BCUT2D eigenvalue weighted by molar-refractivity contribution is -0.113. The highest BCUT2D eigenvalue weighted by Gasteiger charge is 2.18. The Bertz CT molecular complexity index is 1120. The van der Waals surface area contributed by atoms with Gasteiger partial charge in [0.25, 0.3) is 0 Å². The van der Waals surface area contributed by atoms with Crippen LogP contribution in [0.1, 0.15) is 17.3 Å². The van der Waals surface area contributed by atoms with Gasteiger partial charge in [0.2, 0.25) is 5.91 Å². The molecule has 0 radical (unpaired) electrons. The molecule has 1 amide bonds. The lowest BCUT2D eigenvalue weighted by Crippen LogP contribution is -2.15. The summed E-state index contributed by atoms with van der Waals surface area (Å²) in [5.41, 5.74) is 0.766. The number of carboxylic acid groups (broad SMARTS) is 1. The number of carbonyl (C=O) groups is 2. The van der Waals surface area contributed by atoms with Crippen molar-refractivity contribution in [1.82, 2.24) is 14.8 Å². The van der Waals surface area contributed by atoms with Crippen LogP contribution in [0.2, 0.25) is 5.02 Å². The van der Waals surface area contributed by atoms with E-state index in [1.807, 2.05) is 6.92 Å². The van der Waals surface area contributed by atoms with Crippen LogP contribution in [0.3, 0.4) is 0 Å². The summed E-state index contributed by atoms with van der Waals surface area (Å²) in [5, 5.41) is 30.8. The molecule has 0 saturated carbocycles. The fourth-order valence-corrected chi connectivity index (χ4v) is 4.02. The molecule has 3 rings (SSSR count). The number of benzene rings is 2. The number of nitrogens with one attached hydrogen (secondary N) is 1. The van der Waals surface area contributed by atoms with Crippen LogP contribution in [0, 0.1) is 0 Å². The number of carboxylic acids is 1. The summed E-state index contributed by atoms with van der Waals surface area (Å²) in [4.78, 5) is 23.5. The van der Waals surface area contributed by atoms with Crippen LogP contribution in [-0.4, -0.2) is 42.6 Å². The van der Waals surface area contributed by atoms with Gasteiger partial charge in [-0.15, -0.1) is 10.2 Å². The molecule has 0 atom stereocenters. The average Bonchev–Trinajstić information content (AvgIpc) is 3.12. The molecule has 0 aliphatic rings. The number of aromatic nitrogens is 3. The summed E-state index contributed by atoms with van der Waals surface area (Å²) in [6.45, 7) is 2.45. The first kappa shape index (κ1) is 22.1. The molecule has 30 heavy (non-hydrogen) atoms. The van der Waals surface area contributed by atoms with Gasteiger partial charge in [-0.3, -0.25) is 4.79 Å². The molecule has 1 aromatic heterocycles. The summed E-state index contributed by atoms with van der Waals surface area (Å²) in [5.74, 6) is -0.913. The van der Waals surface area contributed by atoms with Gasteiger partial charge in [-0.05, 0) is 43.3 Å². The third kappa shape index (κ3) is 4.94. The number of phenolic OH excluding ortho intramolecular Hbond substituents is 1. The molecule has 0 aliphatic heterocycles. The Morgan fingerprint density at radius 1 is 1.23 bits per heavy atom. The zero-order chi connectivity index (χ0) is 21.8. The monoisotopic (exact) mass is 510 g/mol. The van der Waals surface area contributed by atoms with E-state index in [0.717, 1.165) is 4.47 Å². The maximum atomic E-state index is 12.3. The van der Waals surface area contributed by atoms with Crippen molar-refractivity contribution in [3.63, 3.8) is 0 Å². The lowest BCUT2D eigenvalue weighted by atomic mass is 10.2. The minimum absolute atomic E-state index is 0.0353. The van der Waals surface area contributed by atoms with Crippen LogP contribution < -0.4 is 5.32 Å². The number of thioether (sulfide) groups is 1. The van der Waals surface area contributed by atoms with E-state index >= 15 is 0 Å². The zero-order valence-corrected chi connectivity index (χ0v) is 18.8. The summed E-state index contributed by atoms with van der Waals surface area (Å²) in [6, 6.07) is 9.27. The summed E-state index contributed by atoms with van der Waals surface area (Å²) >= 11 is 10.4. The fourth-order valence-electron chi connectivity index (χ4n) is 2.66. The van der Waals surface area contributed by atoms with Gasteiger partial charge < -0.3 is 20.1 Å². The van der Waals surface area contributed by atoms with Gasteiger partial charge in [0.05, 0.1) is 21.9 Å². The van der Waals surface area contributed by atoms with Crippen molar-refractivity contribution in [2.45, 2.75) is 18.6 Å². The molecule has 0 saturated heterocycles. The highest BCUT2D eigenvalue weighted by Crippen LogP contribution is 2.32. The number of rotatable bonds is 7. The first-order valence-corrected chi connectivity index (χ1v) is 10.8. The van der Waals surface area contributed by atoms with Gasteiger partial charge in [0, 0.05) is 16.7 Å². The Labute approximate surface area is 189 Å². The van der Waals surface area contributed by atoms with Gasteiger partial charge in [0.15, 0.2) is 11.0 Å². The second kappa shape index (κ2) is 9.50. The molecule has 0 aliphatic carbocycles. The molecule has 0 unspecified atom stereocenters. The van der Waals surface area contributed by atoms with Crippen LogP contribution in [0.4, 0.5) is 5.69 Å². The second-order valence-electron chi connectivity index (χ2n) is 6.05. The van der Waals surface area contributed by atoms with Crippen LogP contribution in [0.25, 0.3) is 11.4 Å². The maximum absolute atomic E-state index is 12.3. The highest BCUT2D eigenvalue weighted by molar-refractivity contribution is 9.10. The Kier molecular flexibility index (Phi) is 7.01. The van der Waals surface area contributed by atoms with E-state index in [9.17, 15) is 14.7 Å². The number of nitrogens with zero attached hydrogens (tertiary/aromatic N) is 3. The summed E-state index contributed by atoms with van der Waals surface area (Å²) in [6.07, 6.45) is 0. The predicted molar refractivity (Wildman–Crippen MR) is 118 cm³/mol. The Morgan fingerprint density at radius 2 is 2.00 bits per heavy atom.